The second-order valence-electron chi connectivity index (χ2n) is 2.91. The Balaban J connectivity index is 3.47. The van der Waals surface area contributed by atoms with Gasteiger partial charge in [0.2, 0.25) is 0 Å². The van der Waals surface area contributed by atoms with Crippen LogP contribution < -0.4 is 0 Å². The van der Waals surface area contributed by atoms with Crippen LogP contribution in [0.15, 0.2) is 12.1 Å². The molecule has 0 atom stereocenters. The number of carbonyl (C=O) groups is 1. The van der Waals surface area contributed by atoms with E-state index in [9.17, 15) is 4.79 Å². The van der Waals surface area contributed by atoms with Crippen molar-refractivity contribution in [2.75, 3.05) is 7.11 Å². The summed E-state index contributed by atoms with van der Waals surface area (Å²) in [5, 5.41) is 17.5. The Morgan fingerprint density at radius 1 is 1.33 bits per heavy atom. The molecule has 0 saturated heterocycles. The average Bonchev–Trinajstić information content (AvgIpc) is 2.28. The van der Waals surface area contributed by atoms with Gasteiger partial charge in [0.05, 0.1) is 35.9 Å². The third-order valence-electron chi connectivity index (χ3n) is 2.06. The third kappa shape index (κ3) is 1.95. The van der Waals surface area contributed by atoms with E-state index in [1.807, 2.05) is 12.1 Å². The summed E-state index contributed by atoms with van der Waals surface area (Å²) in [5.41, 5.74) is 1.38. The summed E-state index contributed by atoms with van der Waals surface area (Å²) in [5.74, 6) is -0.541. The lowest BCUT2D eigenvalue weighted by atomic mass is 10.00. The summed E-state index contributed by atoms with van der Waals surface area (Å²) in [6.45, 7) is 1.64. The van der Waals surface area contributed by atoms with Gasteiger partial charge in [-0.05, 0) is 24.6 Å². The first-order chi connectivity index (χ1) is 7.13. The zero-order valence-electron chi connectivity index (χ0n) is 8.37. The lowest BCUT2D eigenvalue weighted by molar-refractivity contribution is 0.0600. The van der Waals surface area contributed by atoms with E-state index in [-0.39, 0.29) is 11.1 Å². The Kier molecular flexibility index (Phi) is 3.05. The monoisotopic (exact) mass is 200 g/mol. The van der Waals surface area contributed by atoms with Crippen LogP contribution in [0.25, 0.3) is 0 Å². The van der Waals surface area contributed by atoms with Crippen molar-refractivity contribution in [2.24, 2.45) is 0 Å². The second-order valence-corrected chi connectivity index (χ2v) is 2.91. The number of nitrogens with zero attached hydrogens (tertiary/aromatic N) is 2. The molecule has 0 N–H and O–H groups in total. The van der Waals surface area contributed by atoms with E-state index in [0.29, 0.717) is 11.1 Å². The van der Waals surface area contributed by atoms with E-state index < -0.39 is 5.97 Å². The van der Waals surface area contributed by atoms with Crippen LogP contribution in [0.3, 0.4) is 0 Å². The molecular weight excluding hydrogens is 192 g/mol. The van der Waals surface area contributed by atoms with Crippen LogP contribution in [0.1, 0.15) is 27.0 Å². The zero-order valence-corrected chi connectivity index (χ0v) is 8.37. The number of carbonyl (C=O) groups excluding carboxylic acids is 1. The molecular formula is C11H8N2O2. The molecule has 1 aromatic carbocycles. The molecule has 4 heteroatoms. The van der Waals surface area contributed by atoms with Crippen molar-refractivity contribution < 1.29 is 9.53 Å². The first-order valence-corrected chi connectivity index (χ1v) is 4.17. The summed E-state index contributed by atoms with van der Waals surface area (Å²) < 4.78 is 4.56. The molecule has 0 aliphatic rings. The summed E-state index contributed by atoms with van der Waals surface area (Å²) in [6.07, 6.45) is 0. The van der Waals surface area contributed by atoms with Gasteiger partial charge >= 0.3 is 5.97 Å². The Labute approximate surface area is 87.3 Å². The van der Waals surface area contributed by atoms with Crippen LogP contribution in [0, 0.1) is 29.6 Å². The van der Waals surface area contributed by atoms with Crippen molar-refractivity contribution in [2.45, 2.75) is 6.92 Å². The van der Waals surface area contributed by atoms with Crippen molar-refractivity contribution in [3.8, 4) is 12.1 Å². The Morgan fingerprint density at radius 2 is 2.00 bits per heavy atom. The van der Waals surface area contributed by atoms with E-state index in [1.54, 1.807) is 6.92 Å². The van der Waals surface area contributed by atoms with Crippen LogP contribution in [-0.4, -0.2) is 13.1 Å². The predicted octanol–water partition coefficient (Wildman–Crippen LogP) is 1.52. The van der Waals surface area contributed by atoms with Crippen LogP contribution in [0.2, 0.25) is 0 Å². The molecule has 0 unspecified atom stereocenters. The molecule has 0 heterocycles. The highest BCUT2D eigenvalue weighted by Gasteiger charge is 2.13. The van der Waals surface area contributed by atoms with Gasteiger partial charge in [-0.2, -0.15) is 10.5 Å². The van der Waals surface area contributed by atoms with E-state index in [0.717, 1.165) is 0 Å². The van der Waals surface area contributed by atoms with Crippen molar-refractivity contribution in [1.82, 2.24) is 0 Å². The molecule has 0 amide bonds. The smallest absolute Gasteiger partial charge is 0.338 e. The summed E-state index contributed by atoms with van der Waals surface area (Å²) in [7, 11) is 1.26. The van der Waals surface area contributed by atoms with E-state index >= 15 is 0 Å². The lowest BCUT2D eigenvalue weighted by Crippen LogP contribution is -2.05. The van der Waals surface area contributed by atoms with Crippen LogP contribution in [-0.2, 0) is 4.74 Å². The first kappa shape index (κ1) is 10.7. The van der Waals surface area contributed by atoms with E-state index in [2.05, 4.69) is 4.74 Å². The number of ether oxygens (including phenoxy) is 1. The van der Waals surface area contributed by atoms with Gasteiger partial charge in [-0.3, -0.25) is 0 Å². The Hall–Kier alpha value is -2.33. The minimum atomic E-state index is -0.541. The minimum absolute atomic E-state index is 0.258. The zero-order chi connectivity index (χ0) is 11.4. The molecule has 0 radical (unpaired) electrons. The fourth-order valence-electron chi connectivity index (χ4n) is 1.22. The maximum absolute atomic E-state index is 11.3. The minimum Gasteiger partial charge on any atom is -0.465 e. The molecule has 74 valence electrons. The molecule has 1 rings (SSSR count). The van der Waals surface area contributed by atoms with Crippen LogP contribution in [0.4, 0.5) is 0 Å². The molecule has 0 aliphatic carbocycles. The molecule has 0 spiro atoms. The summed E-state index contributed by atoms with van der Waals surface area (Å²) in [6, 6.07) is 6.68. The number of nitriles is 2. The number of methoxy groups -OCH3 is 1. The van der Waals surface area contributed by atoms with Gasteiger partial charge in [-0.15, -0.1) is 0 Å². The summed E-state index contributed by atoms with van der Waals surface area (Å²) in [4.78, 5) is 11.3. The van der Waals surface area contributed by atoms with E-state index in [4.69, 9.17) is 10.5 Å². The summed E-state index contributed by atoms with van der Waals surface area (Å²) >= 11 is 0. The van der Waals surface area contributed by atoms with Gasteiger partial charge < -0.3 is 4.74 Å². The number of hydrogen-bond acceptors (Lipinski definition) is 4. The number of benzene rings is 1. The van der Waals surface area contributed by atoms with Gasteiger partial charge in [0.15, 0.2) is 0 Å². The quantitative estimate of drug-likeness (QED) is 0.644. The van der Waals surface area contributed by atoms with E-state index in [1.165, 1.54) is 19.2 Å². The third-order valence-corrected chi connectivity index (χ3v) is 2.06. The molecule has 0 fully saturated rings. The van der Waals surface area contributed by atoms with Crippen LogP contribution >= 0.6 is 0 Å². The largest absolute Gasteiger partial charge is 0.465 e. The SMILES string of the molecule is COC(=O)c1cc(C#N)cc(C#N)c1C. The average molecular weight is 200 g/mol. The predicted molar refractivity (Wildman–Crippen MR) is 51.9 cm³/mol. The molecule has 0 saturated carbocycles. The van der Waals surface area contributed by atoms with Crippen molar-refractivity contribution in [3.05, 3.63) is 34.4 Å². The van der Waals surface area contributed by atoms with Crippen molar-refractivity contribution in [1.29, 1.82) is 10.5 Å². The normalized spacial score (nSPS) is 8.80. The molecule has 0 aliphatic heterocycles. The number of esters is 1. The molecule has 0 bridgehead atoms. The van der Waals surface area contributed by atoms with Gasteiger partial charge in [0.1, 0.15) is 0 Å². The fourth-order valence-corrected chi connectivity index (χ4v) is 1.22. The maximum Gasteiger partial charge on any atom is 0.338 e. The molecule has 4 nitrogen and oxygen atoms in total. The highest BCUT2D eigenvalue weighted by molar-refractivity contribution is 5.92. The first-order valence-electron chi connectivity index (χ1n) is 4.17. The van der Waals surface area contributed by atoms with Gasteiger partial charge in [0, 0.05) is 0 Å². The number of rotatable bonds is 1. The van der Waals surface area contributed by atoms with Gasteiger partial charge in [-0.25, -0.2) is 4.79 Å². The Morgan fingerprint density at radius 3 is 2.47 bits per heavy atom. The van der Waals surface area contributed by atoms with Gasteiger partial charge in [-0.1, -0.05) is 0 Å². The van der Waals surface area contributed by atoms with Crippen molar-refractivity contribution >= 4 is 5.97 Å². The van der Waals surface area contributed by atoms with Crippen molar-refractivity contribution in [3.63, 3.8) is 0 Å². The topological polar surface area (TPSA) is 73.9 Å². The Bertz CT molecular complexity index is 493. The molecule has 0 aromatic heterocycles. The fraction of sp³-hybridized carbons (Fsp3) is 0.182. The molecule has 1 aromatic rings. The maximum atomic E-state index is 11.3. The number of hydrogen-bond donors (Lipinski definition) is 0. The second kappa shape index (κ2) is 4.26. The lowest BCUT2D eigenvalue weighted by Gasteiger charge is -2.05. The highest BCUT2D eigenvalue weighted by atomic mass is 16.5. The van der Waals surface area contributed by atoms with Crippen LogP contribution in [0.5, 0.6) is 0 Å². The van der Waals surface area contributed by atoms with Gasteiger partial charge in [0.25, 0.3) is 0 Å². The highest BCUT2D eigenvalue weighted by Crippen LogP contribution is 2.16. The molecule has 15 heavy (non-hydrogen) atoms. The standard InChI is InChI=1S/C11H8N2O2/c1-7-9(6-13)3-8(5-12)4-10(7)11(14)15-2/h3-4H,1-2H3.